The second-order valence-corrected chi connectivity index (χ2v) is 27.3. The monoisotopic (exact) mass is 1210 g/mol. The van der Waals surface area contributed by atoms with Gasteiger partial charge in [-0.15, -0.1) is 48.1 Å². The summed E-state index contributed by atoms with van der Waals surface area (Å²) in [5.41, 5.74) is 12.9. The van der Waals surface area contributed by atoms with Crippen molar-refractivity contribution in [1.82, 2.24) is 9.55 Å². The zero-order valence-electron chi connectivity index (χ0n) is 47.6. The summed E-state index contributed by atoms with van der Waals surface area (Å²) >= 11 is 0. The van der Waals surface area contributed by atoms with Gasteiger partial charge in [-0.2, -0.15) is 12.1 Å². The van der Waals surface area contributed by atoms with Crippen LogP contribution in [0.4, 0.5) is 22.7 Å². The zero-order valence-corrected chi connectivity index (χ0v) is 49.8. The van der Waals surface area contributed by atoms with Gasteiger partial charge in [0.05, 0.1) is 0 Å². The maximum Gasteiger partial charge on any atom is 0.135 e. The van der Waals surface area contributed by atoms with Crippen molar-refractivity contribution in [3.8, 4) is 17.3 Å². The average molecular weight is 1210 g/mol. The first-order valence-corrected chi connectivity index (χ1v) is 28.0. The molecule has 7 aromatic carbocycles. The Hall–Kier alpha value is -6.42. The molecule has 0 bridgehead atoms. The van der Waals surface area contributed by atoms with Gasteiger partial charge in [0.2, 0.25) is 0 Å². The molecule has 3 heterocycles. The van der Waals surface area contributed by atoms with Gasteiger partial charge in [0.1, 0.15) is 5.82 Å². The number of para-hydroxylation sites is 4. The molecule has 9 aromatic rings. The minimum atomic E-state index is -0.291. The number of pyridine rings is 1. The molecule has 12 rings (SSSR count). The van der Waals surface area contributed by atoms with Gasteiger partial charge in [0.25, 0.3) is 0 Å². The van der Waals surface area contributed by atoms with Crippen molar-refractivity contribution in [2.75, 3.05) is 9.80 Å². The summed E-state index contributed by atoms with van der Waals surface area (Å²) in [6.45, 7) is 29.2. The Kier molecular flexibility index (Phi) is 13.4. The van der Waals surface area contributed by atoms with Gasteiger partial charge in [0.15, 0.2) is 0 Å². The summed E-state index contributed by atoms with van der Waals surface area (Å²) < 4.78 is 9.07. The Morgan fingerprint density at radius 1 is 0.500 bits per heavy atom. The summed E-state index contributed by atoms with van der Waals surface area (Å²) in [6.07, 6.45) is 8.40. The Labute approximate surface area is 479 Å². The summed E-state index contributed by atoms with van der Waals surface area (Å²) in [6, 6.07) is 70.2. The number of rotatable bonds is 9. The molecule has 2 saturated carbocycles. The number of hydrogen-bond donors (Lipinski definition) is 0. The predicted molar refractivity (Wildman–Crippen MR) is 320 cm³/mol. The fourth-order valence-electron chi connectivity index (χ4n) is 15.8. The molecule has 1 aliphatic heterocycles. The van der Waals surface area contributed by atoms with E-state index in [0.29, 0.717) is 11.5 Å². The van der Waals surface area contributed by atoms with E-state index in [1.807, 2.05) is 18.3 Å². The van der Waals surface area contributed by atoms with Gasteiger partial charge in [0, 0.05) is 72.2 Å². The van der Waals surface area contributed by atoms with Gasteiger partial charge in [-0.25, -0.2) is 4.98 Å². The van der Waals surface area contributed by atoms with Gasteiger partial charge >= 0.3 is 0 Å². The Morgan fingerprint density at radius 2 is 1.01 bits per heavy atom. The van der Waals surface area contributed by atoms with E-state index in [2.05, 4.69) is 267 Å². The molecule has 5 nitrogen and oxygen atoms in total. The third kappa shape index (κ3) is 9.60. The van der Waals surface area contributed by atoms with Gasteiger partial charge in [-0.1, -0.05) is 191 Å². The number of nitrogens with zero attached hydrogens (tertiary/aromatic N) is 4. The van der Waals surface area contributed by atoms with E-state index in [0.717, 1.165) is 83.2 Å². The van der Waals surface area contributed by atoms with Crippen molar-refractivity contribution < 1.29 is 25.8 Å². The molecule has 2 aromatic heterocycles. The smallest absolute Gasteiger partial charge is 0.135 e. The van der Waals surface area contributed by atoms with Crippen molar-refractivity contribution in [3.05, 3.63) is 223 Å². The van der Waals surface area contributed by atoms with Crippen LogP contribution in [0.3, 0.4) is 0 Å². The SMILES string of the molecule is CC1(C)CC(C)(C)CC(c2ccccc2)(c2cccc(C3(c4ccccc4)CC(C)(C)CC(C)(C)C3)c2N2[CH-]N(c3[c-]c(Oc4[c-]c5c(cc4)c4ccccc4n5-c4cc(C(C)(C)C)ccn4)ccc3)c3ccccc32)C1.[Pt]. The van der Waals surface area contributed by atoms with E-state index in [-0.39, 0.29) is 59.0 Å². The van der Waals surface area contributed by atoms with Crippen molar-refractivity contribution in [3.63, 3.8) is 0 Å². The van der Waals surface area contributed by atoms with Crippen molar-refractivity contribution in [2.45, 2.75) is 131 Å². The minimum absolute atomic E-state index is 0. The van der Waals surface area contributed by atoms with Crippen LogP contribution < -0.4 is 14.5 Å². The van der Waals surface area contributed by atoms with Gasteiger partial charge in [-0.05, 0) is 129 Å². The molecule has 78 heavy (non-hydrogen) atoms. The molecule has 2 aliphatic carbocycles. The number of anilines is 4. The third-order valence-electron chi connectivity index (χ3n) is 17.3. The number of ether oxygens (including phenoxy) is 1. The van der Waals surface area contributed by atoms with Crippen LogP contribution in [0.15, 0.2) is 176 Å². The van der Waals surface area contributed by atoms with Gasteiger partial charge < -0.3 is 19.1 Å². The molecule has 0 N–H and O–H groups in total. The standard InChI is InChI=1S/C72H75N4O.Pt/c1-66(2,3)52-38-39-73-64(40-52)76-60-33-19-18-30-56(60)57-37-36-55(42-63(57)76)77-54-29-22-28-53(41-54)74-49-75(62-35-21-20-34-61(62)74)65-58(71(50-24-14-12-15-25-50)45-67(4,5)43-68(6,7)46-71)31-23-32-59(65)72(51-26-16-13-17-27-51)47-69(8,9)44-70(10,11)48-72;/h12-40,49H,43-48H2,1-11H3;/q-3;. The summed E-state index contributed by atoms with van der Waals surface area (Å²) in [7, 11) is 0. The number of hydrogen-bond acceptors (Lipinski definition) is 4. The molecule has 0 saturated heterocycles. The normalized spacial score (nSPS) is 18.8. The van der Waals surface area contributed by atoms with E-state index in [9.17, 15) is 0 Å². The Morgan fingerprint density at radius 3 is 1.59 bits per heavy atom. The third-order valence-corrected chi connectivity index (χ3v) is 17.3. The van der Waals surface area contributed by atoms with Crippen LogP contribution in [-0.2, 0) is 37.3 Å². The Balaban J connectivity index is 0.00000645. The van der Waals surface area contributed by atoms with Crippen LogP contribution >= 0.6 is 0 Å². The van der Waals surface area contributed by atoms with E-state index in [1.165, 1.54) is 33.5 Å². The summed E-state index contributed by atoms with van der Waals surface area (Å²) in [5, 5.41) is 2.25. The first kappa shape index (κ1) is 53.6. The molecule has 3 aliphatic rings. The molecule has 0 unspecified atom stereocenters. The first-order chi connectivity index (χ1) is 36.6. The first-order valence-electron chi connectivity index (χ1n) is 28.0. The topological polar surface area (TPSA) is 33.5 Å². The molecule has 6 heteroatoms. The van der Waals surface area contributed by atoms with Crippen LogP contribution in [0, 0.1) is 40.5 Å². The van der Waals surface area contributed by atoms with Crippen LogP contribution in [0.1, 0.15) is 143 Å². The van der Waals surface area contributed by atoms with Crippen LogP contribution in [0.5, 0.6) is 11.5 Å². The maximum absolute atomic E-state index is 6.85. The molecule has 2 fully saturated rings. The largest absolute Gasteiger partial charge is 0.509 e. The van der Waals surface area contributed by atoms with Gasteiger partial charge in [-0.3, -0.25) is 0 Å². The van der Waals surface area contributed by atoms with Crippen LogP contribution in [-0.4, -0.2) is 9.55 Å². The second kappa shape index (κ2) is 19.4. The summed E-state index contributed by atoms with van der Waals surface area (Å²) in [4.78, 5) is 9.82. The van der Waals surface area contributed by atoms with Crippen molar-refractivity contribution in [2.24, 2.45) is 21.7 Å². The number of aromatic nitrogens is 2. The summed E-state index contributed by atoms with van der Waals surface area (Å²) in [5.74, 6) is 2.09. The van der Waals surface area contributed by atoms with E-state index < -0.39 is 0 Å². The van der Waals surface area contributed by atoms with Crippen LogP contribution in [0.2, 0.25) is 0 Å². The van der Waals surface area contributed by atoms with E-state index >= 15 is 0 Å². The average Bonchev–Trinajstić information content (AvgIpc) is 4.00. The fraction of sp³-hybridized carbons (Fsp3) is 0.333. The minimum Gasteiger partial charge on any atom is -0.509 e. The molecule has 402 valence electrons. The Bertz CT molecular complexity index is 3540. The molecular formula is C72H75N4OPt-3. The molecule has 0 radical (unpaired) electrons. The van der Waals surface area contributed by atoms with Crippen molar-refractivity contribution >= 4 is 44.6 Å². The van der Waals surface area contributed by atoms with Crippen molar-refractivity contribution in [1.29, 1.82) is 0 Å². The predicted octanol–water partition coefficient (Wildman–Crippen LogP) is 19.3. The molecular weight excluding hydrogens is 1130 g/mol. The quantitative estimate of drug-likeness (QED) is 0.135. The van der Waals surface area contributed by atoms with E-state index in [4.69, 9.17) is 9.72 Å². The maximum atomic E-state index is 6.85. The van der Waals surface area contributed by atoms with E-state index in [1.54, 1.807) is 0 Å². The molecule has 0 amide bonds. The molecule has 0 spiro atoms. The second-order valence-electron chi connectivity index (χ2n) is 27.3. The van der Waals surface area contributed by atoms with Crippen LogP contribution in [0.25, 0.3) is 27.6 Å². The number of fused-ring (bicyclic) bond motifs is 4. The number of benzene rings is 7. The fourth-order valence-corrected chi connectivity index (χ4v) is 15.8. The molecule has 0 atom stereocenters. The zero-order chi connectivity index (χ0) is 53.8.